The molecule has 0 aliphatic carbocycles. The largest absolute Gasteiger partial charge is 0.505 e. The number of aliphatic hydroxyl groups is 1. The van der Waals surface area contributed by atoms with Crippen molar-refractivity contribution in [3.63, 3.8) is 0 Å². The summed E-state index contributed by atoms with van der Waals surface area (Å²) in [6.45, 7) is 1.71. The smallest absolute Gasteiger partial charge is 0.301 e. The third-order valence-electron chi connectivity index (χ3n) is 6.77. The van der Waals surface area contributed by atoms with Gasteiger partial charge in [0.1, 0.15) is 11.3 Å². The molecule has 0 spiro atoms. The van der Waals surface area contributed by atoms with E-state index in [0.29, 0.717) is 32.0 Å². The molecule has 0 bridgehead atoms. The lowest BCUT2D eigenvalue weighted by Crippen LogP contribution is -2.29. The van der Waals surface area contributed by atoms with E-state index in [1.807, 2.05) is 18.2 Å². The molecule has 6 rings (SSSR count). The van der Waals surface area contributed by atoms with Crippen molar-refractivity contribution in [3.05, 3.63) is 100.0 Å². The Bertz CT molecular complexity index is 1890. The first kappa shape index (κ1) is 27.8. The van der Waals surface area contributed by atoms with Crippen LogP contribution >= 0.6 is 34.7 Å². The summed E-state index contributed by atoms with van der Waals surface area (Å²) in [6, 6.07) is 16.2. The number of phenols is 1. The number of thioether (sulfide) groups is 1. The van der Waals surface area contributed by atoms with E-state index in [-0.39, 0.29) is 33.7 Å². The Kier molecular flexibility index (Phi) is 7.35. The second-order valence-electron chi connectivity index (χ2n) is 9.34. The highest BCUT2D eigenvalue weighted by atomic mass is 35.5. The molecule has 1 atom stereocenters. The lowest BCUT2D eigenvalue weighted by molar-refractivity contribution is -0.132. The zero-order valence-corrected chi connectivity index (χ0v) is 24.6. The summed E-state index contributed by atoms with van der Waals surface area (Å²) in [5.41, 5.74) is 2.63. The number of amides is 1. The van der Waals surface area contributed by atoms with Gasteiger partial charge < -0.3 is 14.9 Å². The number of aromatic hydroxyl groups is 1. The van der Waals surface area contributed by atoms with E-state index in [9.17, 15) is 19.8 Å². The maximum Gasteiger partial charge on any atom is 0.301 e. The number of ether oxygens (including phenoxy) is 1. The van der Waals surface area contributed by atoms with Crippen LogP contribution in [0.15, 0.2) is 76.8 Å². The standard InChI is InChI=1S/C29H22ClN5O5S2/c1-15-23(34-12-4-3-5-21(34)31-15)25(37)22-24(17-8-11-19(36)20(13-17)40-2)35(27(39)26(22)38)28-32-33-29(42-28)41-14-16-6-9-18(30)10-7-16/h3-13,24,36-37H,14H2,1-2H3/b25-22+. The zero-order chi connectivity index (χ0) is 29.5. The zero-order valence-electron chi connectivity index (χ0n) is 22.2. The number of fused-ring (bicyclic) bond motifs is 1. The van der Waals surface area contributed by atoms with Crippen LogP contribution in [0, 0.1) is 6.92 Å². The minimum absolute atomic E-state index is 0.118. The quantitative estimate of drug-likeness (QED) is 0.0765. The number of halogens is 1. The number of carbonyl (C=O) groups is 2. The lowest BCUT2D eigenvalue weighted by Gasteiger charge is -2.23. The summed E-state index contributed by atoms with van der Waals surface area (Å²) in [6.07, 6.45) is 1.72. The first-order valence-electron chi connectivity index (χ1n) is 12.6. The molecule has 0 saturated carbocycles. The SMILES string of the molecule is COc1cc(C2/C(=C(\O)c3c(C)nc4ccccn34)C(=O)C(=O)N2c2nnc(SCc3ccc(Cl)cc3)s2)ccc1O. The van der Waals surface area contributed by atoms with Crippen LogP contribution in [-0.4, -0.2) is 48.6 Å². The number of ketones is 1. The second kappa shape index (κ2) is 11.1. The van der Waals surface area contributed by atoms with Gasteiger partial charge in [0.25, 0.3) is 5.78 Å². The predicted molar refractivity (Wildman–Crippen MR) is 160 cm³/mol. The summed E-state index contributed by atoms with van der Waals surface area (Å²) in [7, 11) is 1.40. The molecule has 4 heterocycles. The van der Waals surface area contributed by atoms with E-state index < -0.39 is 17.7 Å². The van der Waals surface area contributed by atoms with Crippen LogP contribution in [0.1, 0.15) is 28.6 Å². The molecule has 13 heteroatoms. The number of aliphatic hydroxyl groups excluding tert-OH is 1. The van der Waals surface area contributed by atoms with Crippen molar-refractivity contribution in [3.8, 4) is 11.5 Å². The number of Topliss-reactive ketones (excluding diaryl/α,β-unsaturated/α-hetero) is 1. The van der Waals surface area contributed by atoms with Crippen LogP contribution in [0.5, 0.6) is 11.5 Å². The van der Waals surface area contributed by atoms with Crippen LogP contribution in [0.3, 0.4) is 0 Å². The molecule has 42 heavy (non-hydrogen) atoms. The highest BCUT2D eigenvalue weighted by molar-refractivity contribution is 8.00. The van der Waals surface area contributed by atoms with Gasteiger partial charge in [-0.15, -0.1) is 10.2 Å². The normalized spacial score (nSPS) is 16.5. The fraction of sp³-hybridized carbons (Fsp3) is 0.138. The average Bonchev–Trinajstić information content (AvgIpc) is 3.66. The van der Waals surface area contributed by atoms with Crippen molar-refractivity contribution in [1.82, 2.24) is 19.6 Å². The van der Waals surface area contributed by atoms with Crippen molar-refractivity contribution < 1.29 is 24.5 Å². The number of aromatic nitrogens is 4. The van der Waals surface area contributed by atoms with Gasteiger partial charge in [0, 0.05) is 17.0 Å². The number of methoxy groups -OCH3 is 1. The first-order chi connectivity index (χ1) is 20.3. The lowest BCUT2D eigenvalue weighted by atomic mass is 9.96. The van der Waals surface area contributed by atoms with Crippen LogP contribution in [0.25, 0.3) is 11.4 Å². The summed E-state index contributed by atoms with van der Waals surface area (Å²) >= 11 is 8.57. The van der Waals surface area contributed by atoms with E-state index in [2.05, 4.69) is 15.2 Å². The molecule has 5 aromatic rings. The number of pyridine rings is 1. The number of aryl methyl sites for hydroxylation is 1. The molecule has 2 aromatic carbocycles. The summed E-state index contributed by atoms with van der Waals surface area (Å²) in [5, 5.41) is 31.2. The van der Waals surface area contributed by atoms with Gasteiger partial charge in [-0.25, -0.2) is 4.98 Å². The molecule has 2 N–H and O–H groups in total. The summed E-state index contributed by atoms with van der Waals surface area (Å²) in [5.74, 6) is -1.53. The Labute approximate surface area is 252 Å². The highest BCUT2D eigenvalue weighted by Gasteiger charge is 2.49. The minimum Gasteiger partial charge on any atom is -0.505 e. The minimum atomic E-state index is -1.09. The van der Waals surface area contributed by atoms with E-state index >= 15 is 0 Å². The number of carbonyl (C=O) groups excluding carboxylic acids is 2. The van der Waals surface area contributed by atoms with Crippen LogP contribution in [-0.2, 0) is 15.3 Å². The summed E-state index contributed by atoms with van der Waals surface area (Å²) in [4.78, 5) is 33.0. The van der Waals surface area contributed by atoms with E-state index in [1.165, 1.54) is 35.9 Å². The Balaban J connectivity index is 1.46. The molecule has 212 valence electrons. The van der Waals surface area contributed by atoms with Crippen LogP contribution in [0.2, 0.25) is 5.02 Å². The van der Waals surface area contributed by atoms with Gasteiger partial charge in [0.2, 0.25) is 5.13 Å². The van der Waals surface area contributed by atoms with Crippen molar-refractivity contribution >= 4 is 62.9 Å². The summed E-state index contributed by atoms with van der Waals surface area (Å²) < 4.78 is 7.54. The van der Waals surface area contributed by atoms with Gasteiger partial charge in [-0.2, -0.15) is 0 Å². The maximum absolute atomic E-state index is 13.6. The molecule has 1 unspecified atom stereocenters. The van der Waals surface area contributed by atoms with Crippen molar-refractivity contribution in [2.45, 2.75) is 23.1 Å². The van der Waals surface area contributed by atoms with Crippen LogP contribution < -0.4 is 9.64 Å². The van der Waals surface area contributed by atoms with Crippen molar-refractivity contribution in [2.24, 2.45) is 0 Å². The Hall–Kier alpha value is -4.39. The maximum atomic E-state index is 13.6. The molecule has 1 fully saturated rings. The molecule has 1 aliphatic rings. The number of rotatable bonds is 7. The number of phenolic OH excluding ortho intramolecular Hbond substituents is 1. The number of hydrogen-bond acceptors (Lipinski definition) is 10. The van der Waals surface area contributed by atoms with Crippen molar-refractivity contribution in [1.29, 1.82) is 0 Å². The topological polar surface area (TPSA) is 130 Å². The third-order valence-corrected chi connectivity index (χ3v) is 9.15. The molecular formula is C29H22ClN5O5S2. The van der Waals surface area contributed by atoms with Gasteiger partial charge in [0.05, 0.1) is 24.4 Å². The fourth-order valence-electron chi connectivity index (χ4n) is 4.82. The van der Waals surface area contributed by atoms with Gasteiger partial charge in [-0.05, 0) is 54.4 Å². The van der Waals surface area contributed by atoms with Crippen LogP contribution in [0.4, 0.5) is 5.13 Å². The number of anilines is 1. The Morgan fingerprint density at radius 3 is 2.67 bits per heavy atom. The number of benzene rings is 2. The second-order valence-corrected chi connectivity index (χ2v) is 12.0. The molecule has 3 aromatic heterocycles. The molecular weight excluding hydrogens is 598 g/mol. The average molecular weight is 620 g/mol. The number of hydrogen-bond donors (Lipinski definition) is 2. The van der Waals surface area contributed by atoms with Gasteiger partial charge in [-0.3, -0.25) is 18.9 Å². The highest BCUT2D eigenvalue weighted by Crippen LogP contribution is 2.45. The monoisotopic (exact) mass is 619 g/mol. The number of imidazole rings is 1. The number of nitrogens with zero attached hydrogens (tertiary/aromatic N) is 5. The van der Waals surface area contributed by atoms with E-state index in [4.69, 9.17) is 16.3 Å². The van der Waals surface area contributed by atoms with E-state index in [1.54, 1.807) is 47.9 Å². The molecule has 1 aliphatic heterocycles. The Morgan fingerprint density at radius 1 is 1.12 bits per heavy atom. The molecule has 10 nitrogen and oxygen atoms in total. The van der Waals surface area contributed by atoms with Gasteiger partial charge in [-0.1, -0.05) is 59.0 Å². The Morgan fingerprint density at radius 2 is 1.90 bits per heavy atom. The molecule has 0 radical (unpaired) electrons. The van der Waals surface area contributed by atoms with Crippen molar-refractivity contribution in [2.75, 3.05) is 12.0 Å². The third kappa shape index (κ3) is 4.87. The fourth-order valence-corrected chi connectivity index (χ4v) is 6.77. The van der Waals surface area contributed by atoms with Gasteiger partial charge >= 0.3 is 5.91 Å². The van der Waals surface area contributed by atoms with Gasteiger partial charge in [0.15, 0.2) is 21.6 Å². The molecule has 1 saturated heterocycles. The van der Waals surface area contributed by atoms with E-state index in [0.717, 1.165) is 16.9 Å². The molecule has 1 amide bonds. The first-order valence-corrected chi connectivity index (χ1v) is 14.8. The predicted octanol–water partition coefficient (Wildman–Crippen LogP) is 5.78.